The average molecular weight is 254 g/mol. The maximum absolute atomic E-state index is 10.5. The summed E-state index contributed by atoms with van der Waals surface area (Å²) in [6.07, 6.45) is 0. The first-order valence-electron chi connectivity index (χ1n) is 5.10. The zero-order valence-electron chi connectivity index (χ0n) is 9.97. The van der Waals surface area contributed by atoms with Crippen LogP contribution in [-0.4, -0.2) is 34.7 Å². The van der Waals surface area contributed by atoms with Crippen molar-refractivity contribution in [2.75, 3.05) is 0 Å². The van der Waals surface area contributed by atoms with Crippen LogP contribution in [0.15, 0.2) is 29.2 Å². The molecule has 1 rings (SSSR count). The second-order valence-corrected chi connectivity index (χ2v) is 5.97. The molecule has 3 nitrogen and oxygen atoms in total. The maximum atomic E-state index is 10.5. The van der Waals surface area contributed by atoms with E-state index in [9.17, 15) is 8.42 Å². The third-order valence-electron chi connectivity index (χ3n) is 1.90. The lowest BCUT2D eigenvalue weighted by atomic mass is 10.2. The molecular formula is C11H17MgO3S+2. The molecule has 0 saturated heterocycles. The normalized spacial score (nSPS) is 10.9. The monoisotopic (exact) mass is 253 g/mol. The van der Waals surface area contributed by atoms with Crippen molar-refractivity contribution in [3.8, 4) is 0 Å². The van der Waals surface area contributed by atoms with Gasteiger partial charge in [-0.25, -0.2) is 0 Å². The summed E-state index contributed by atoms with van der Waals surface area (Å²) in [5.41, 5.74) is 0.956. The highest BCUT2D eigenvalue weighted by Gasteiger charge is 2.24. The van der Waals surface area contributed by atoms with E-state index < -0.39 is 10.1 Å². The fourth-order valence-corrected chi connectivity index (χ4v) is 1.19. The zero-order chi connectivity index (χ0) is 12.8. The number of hydrogen-bond donors (Lipinski definition) is 1. The van der Waals surface area contributed by atoms with E-state index in [1.807, 2.05) is 28.6 Å². The van der Waals surface area contributed by atoms with Gasteiger partial charge >= 0.3 is 21.7 Å². The van der Waals surface area contributed by atoms with E-state index in [0.717, 1.165) is 11.5 Å². The fraction of sp³-hybridized carbons (Fsp3) is 0.455. The van der Waals surface area contributed by atoms with Crippen LogP contribution >= 0.6 is 0 Å². The molecular weight excluding hydrogens is 236 g/mol. The van der Waals surface area contributed by atoms with Crippen LogP contribution in [0.1, 0.15) is 19.4 Å². The average Bonchev–Trinajstić information content (AvgIpc) is 2.18. The lowest BCUT2D eigenvalue weighted by Gasteiger charge is -1.95. The number of benzene rings is 1. The van der Waals surface area contributed by atoms with Gasteiger partial charge in [-0.05, 0) is 19.1 Å². The lowest BCUT2D eigenvalue weighted by Crippen LogP contribution is -1.96. The van der Waals surface area contributed by atoms with Crippen molar-refractivity contribution in [3.63, 3.8) is 0 Å². The van der Waals surface area contributed by atoms with Crippen LogP contribution in [0.25, 0.3) is 0 Å². The minimum Gasteiger partial charge on any atom is -0.282 e. The molecule has 0 heterocycles. The topological polar surface area (TPSA) is 54.4 Å². The minimum atomic E-state index is -4.02. The summed E-state index contributed by atoms with van der Waals surface area (Å²) in [5, 5.41) is 0. The Morgan fingerprint density at radius 2 is 1.62 bits per heavy atom. The molecule has 16 heavy (non-hydrogen) atoms. The number of rotatable bonds is 2. The van der Waals surface area contributed by atoms with E-state index in [0.29, 0.717) is 0 Å². The Hall–Kier alpha value is -0.104. The minimum absolute atomic E-state index is 0.0666. The SMILES string of the molecule is CC(C)[CH2][Mg+2].Cc1ccc(S(=O)(=O)O)cc1. The Labute approximate surface area is 110 Å². The van der Waals surface area contributed by atoms with E-state index in [4.69, 9.17) is 4.55 Å². The Balaban J connectivity index is 0.000000385. The molecule has 85 valence electrons. The summed E-state index contributed by atoms with van der Waals surface area (Å²) < 4.78 is 30.9. The van der Waals surface area contributed by atoms with Gasteiger partial charge in [0.15, 0.2) is 0 Å². The summed E-state index contributed by atoms with van der Waals surface area (Å²) in [5.74, 6) is 0.897. The molecule has 0 aliphatic heterocycles. The summed E-state index contributed by atoms with van der Waals surface area (Å²) >= 11 is 2.03. The fourth-order valence-electron chi connectivity index (χ4n) is 0.710. The Kier molecular flexibility index (Phi) is 7.22. The molecule has 5 heteroatoms. The Morgan fingerprint density at radius 3 is 1.88 bits per heavy atom. The van der Waals surface area contributed by atoms with Crippen molar-refractivity contribution in [2.24, 2.45) is 5.92 Å². The highest BCUT2D eigenvalue weighted by molar-refractivity contribution is 7.85. The van der Waals surface area contributed by atoms with Gasteiger partial charge in [0.05, 0.1) is 4.90 Å². The number of hydrogen-bond acceptors (Lipinski definition) is 2. The van der Waals surface area contributed by atoms with Crippen molar-refractivity contribution >= 4 is 31.8 Å². The summed E-state index contributed by atoms with van der Waals surface area (Å²) in [6.45, 7) is 6.30. The van der Waals surface area contributed by atoms with Crippen LogP contribution in [0.4, 0.5) is 0 Å². The van der Waals surface area contributed by atoms with E-state index in [1.54, 1.807) is 12.1 Å². The predicted octanol–water partition coefficient (Wildman–Crippen LogP) is 2.47. The van der Waals surface area contributed by atoms with Crippen LogP contribution in [0.5, 0.6) is 0 Å². The summed E-state index contributed by atoms with van der Waals surface area (Å²) in [4.78, 5) is -0.0666. The van der Waals surface area contributed by atoms with Gasteiger partial charge in [-0.15, -0.1) is 0 Å². The highest BCUT2D eigenvalue weighted by atomic mass is 32.2. The van der Waals surface area contributed by atoms with Crippen LogP contribution in [-0.2, 0) is 10.1 Å². The molecule has 0 aliphatic carbocycles. The predicted molar refractivity (Wildman–Crippen MR) is 66.4 cm³/mol. The molecule has 0 saturated carbocycles. The third kappa shape index (κ3) is 7.22. The molecule has 1 aromatic carbocycles. The largest absolute Gasteiger partial charge is 1.41 e. The standard InChI is InChI=1S/C7H8O3S.C4H9.Mg/c1-6-2-4-7(5-3-6)11(8,9)10;1-4(2)3;/h2-5H,1H3,(H,8,9,10);4H,1H2,2-3H3;/q;;+2. The number of aryl methyl sites for hydroxylation is 1. The highest BCUT2D eigenvalue weighted by Crippen LogP contribution is 2.08. The van der Waals surface area contributed by atoms with Crippen molar-refractivity contribution in [2.45, 2.75) is 30.2 Å². The zero-order valence-corrected chi connectivity index (χ0v) is 12.2. The Bertz CT molecular complexity index is 396. The van der Waals surface area contributed by atoms with Crippen molar-refractivity contribution in [3.05, 3.63) is 29.8 Å². The van der Waals surface area contributed by atoms with Gasteiger partial charge in [0.1, 0.15) is 0 Å². The molecule has 7 radical (unpaired) electrons. The van der Waals surface area contributed by atoms with E-state index >= 15 is 0 Å². The van der Waals surface area contributed by atoms with E-state index in [1.165, 1.54) is 16.7 Å². The molecule has 0 amide bonds. The first kappa shape index (κ1) is 15.9. The molecule has 0 aliphatic rings. The van der Waals surface area contributed by atoms with Crippen molar-refractivity contribution in [1.29, 1.82) is 0 Å². The molecule has 1 aromatic rings. The smallest absolute Gasteiger partial charge is 0.282 e. The molecule has 0 aromatic heterocycles. The Morgan fingerprint density at radius 1 is 1.25 bits per heavy atom. The molecule has 0 bridgehead atoms. The molecule has 1 N–H and O–H groups in total. The second kappa shape index (κ2) is 7.27. The molecule has 0 unspecified atom stereocenters. The van der Waals surface area contributed by atoms with Crippen molar-refractivity contribution < 1.29 is 13.0 Å². The van der Waals surface area contributed by atoms with Gasteiger partial charge in [0, 0.05) is 5.92 Å². The van der Waals surface area contributed by atoms with Gasteiger partial charge in [0.25, 0.3) is 14.7 Å². The van der Waals surface area contributed by atoms with Gasteiger partial charge in [-0.1, -0.05) is 31.5 Å². The van der Waals surface area contributed by atoms with Crippen LogP contribution in [0.2, 0.25) is 4.55 Å². The quantitative estimate of drug-likeness (QED) is 0.651. The maximum Gasteiger partial charge on any atom is 1.41 e. The first-order chi connectivity index (χ1) is 7.27. The molecule has 0 atom stereocenters. The van der Waals surface area contributed by atoms with Crippen LogP contribution in [0, 0.1) is 12.8 Å². The van der Waals surface area contributed by atoms with E-state index in [-0.39, 0.29) is 4.90 Å². The van der Waals surface area contributed by atoms with Gasteiger partial charge in [-0.2, -0.15) is 8.42 Å². The van der Waals surface area contributed by atoms with Gasteiger partial charge in [0.2, 0.25) is 0 Å². The van der Waals surface area contributed by atoms with Crippen LogP contribution < -0.4 is 0 Å². The first-order valence-corrected chi connectivity index (χ1v) is 7.54. The van der Waals surface area contributed by atoms with E-state index in [2.05, 4.69) is 13.8 Å². The lowest BCUT2D eigenvalue weighted by molar-refractivity contribution is 0.483. The third-order valence-corrected chi connectivity index (χ3v) is 3.92. The second-order valence-electron chi connectivity index (χ2n) is 3.97. The summed E-state index contributed by atoms with van der Waals surface area (Å²) in [7, 11) is -4.02. The van der Waals surface area contributed by atoms with Crippen molar-refractivity contribution in [1.82, 2.24) is 0 Å². The van der Waals surface area contributed by atoms with Gasteiger partial charge < -0.3 is 0 Å². The molecule has 0 spiro atoms. The van der Waals surface area contributed by atoms with Crippen LogP contribution in [0.3, 0.4) is 0 Å². The van der Waals surface area contributed by atoms with Gasteiger partial charge in [-0.3, -0.25) is 4.55 Å². The molecule has 0 fully saturated rings. The summed E-state index contributed by atoms with van der Waals surface area (Å²) in [6, 6.07) is 5.99.